The number of rotatable bonds is 6. The first-order valence-corrected chi connectivity index (χ1v) is 11.4. The van der Waals surface area contributed by atoms with E-state index in [4.69, 9.17) is 0 Å². The lowest BCUT2D eigenvalue weighted by atomic mass is 10.2. The largest absolute Gasteiger partial charge is 0.362 e. The Labute approximate surface area is 170 Å². The molecule has 1 amide bonds. The van der Waals surface area contributed by atoms with Crippen LogP contribution in [0.3, 0.4) is 0 Å². The van der Waals surface area contributed by atoms with Gasteiger partial charge in [-0.15, -0.1) is 16.2 Å². The fourth-order valence-electron chi connectivity index (χ4n) is 2.79. The predicted octanol–water partition coefficient (Wildman–Crippen LogP) is 3.54. The van der Waals surface area contributed by atoms with Gasteiger partial charge in [0.1, 0.15) is 5.84 Å². The van der Waals surface area contributed by atoms with Gasteiger partial charge in [0.2, 0.25) is 5.91 Å². The van der Waals surface area contributed by atoms with Crippen molar-refractivity contribution in [1.29, 1.82) is 0 Å². The average molecular weight is 418 g/mol. The Hall–Kier alpha value is -2.32. The molecule has 1 heterocycles. The van der Waals surface area contributed by atoms with Crippen molar-refractivity contribution in [3.8, 4) is 0 Å². The third-order valence-electron chi connectivity index (χ3n) is 4.39. The number of likely N-dealkylation sites (tertiary alicyclic amines) is 1. The molecule has 0 bridgehead atoms. The van der Waals surface area contributed by atoms with Crippen molar-refractivity contribution in [2.75, 3.05) is 24.7 Å². The molecule has 0 aromatic heterocycles. The minimum atomic E-state index is -3.74. The number of nitrogens with zero attached hydrogens (tertiary/aromatic N) is 2. The minimum absolute atomic E-state index is 0.118. The van der Waals surface area contributed by atoms with E-state index in [0.29, 0.717) is 17.9 Å². The Morgan fingerprint density at radius 3 is 2.43 bits per heavy atom. The number of anilines is 1. The number of nitrogens with one attached hydrogen (secondary N) is 1. The first kappa shape index (κ1) is 20.4. The van der Waals surface area contributed by atoms with Crippen molar-refractivity contribution in [2.24, 2.45) is 4.40 Å². The van der Waals surface area contributed by atoms with Crippen LogP contribution in [0.1, 0.15) is 18.4 Å². The molecule has 3 rings (SSSR count). The van der Waals surface area contributed by atoms with Crippen molar-refractivity contribution in [2.45, 2.75) is 29.6 Å². The first-order chi connectivity index (χ1) is 13.3. The van der Waals surface area contributed by atoms with E-state index >= 15 is 0 Å². The SMILES string of the molecule is Cc1ccc(SCC(=O)Nc2ccc(S(=O)(=O)/N=C3\CCCN3C)cc2)cc1. The standard InChI is InChI=1S/C20H23N3O3S2/c1-15-5-9-17(10-6-15)27-14-20(24)21-16-7-11-18(12-8-16)28(25,26)22-19-4-3-13-23(19)2/h5-12H,3-4,13-14H2,1-2H3,(H,21,24)/b22-19+. The maximum absolute atomic E-state index is 12.4. The maximum atomic E-state index is 12.4. The summed E-state index contributed by atoms with van der Waals surface area (Å²) >= 11 is 1.45. The summed E-state index contributed by atoms with van der Waals surface area (Å²) in [6.45, 7) is 2.84. The number of thioether (sulfide) groups is 1. The average Bonchev–Trinajstić information content (AvgIpc) is 3.06. The maximum Gasteiger partial charge on any atom is 0.283 e. The Kier molecular flexibility index (Phi) is 6.41. The van der Waals surface area contributed by atoms with Crippen LogP contribution in [0.2, 0.25) is 0 Å². The van der Waals surface area contributed by atoms with Crippen molar-refractivity contribution in [3.05, 3.63) is 54.1 Å². The summed E-state index contributed by atoms with van der Waals surface area (Å²) < 4.78 is 28.8. The Bertz CT molecular complexity index is 969. The second-order valence-corrected chi connectivity index (χ2v) is 9.33. The zero-order valence-corrected chi connectivity index (χ0v) is 17.5. The number of amidine groups is 1. The van der Waals surface area contributed by atoms with Crippen LogP contribution >= 0.6 is 11.8 Å². The zero-order valence-electron chi connectivity index (χ0n) is 15.9. The third-order valence-corrected chi connectivity index (χ3v) is 6.72. The van der Waals surface area contributed by atoms with Crippen LogP contribution < -0.4 is 5.32 Å². The lowest BCUT2D eigenvalue weighted by molar-refractivity contribution is -0.113. The topological polar surface area (TPSA) is 78.8 Å². The molecule has 0 unspecified atom stereocenters. The van der Waals surface area contributed by atoms with E-state index < -0.39 is 10.0 Å². The number of amides is 1. The molecule has 1 saturated heterocycles. The van der Waals surface area contributed by atoms with Gasteiger partial charge in [0.05, 0.1) is 10.6 Å². The van der Waals surface area contributed by atoms with E-state index in [-0.39, 0.29) is 16.6 Å². The zero-order chi connectivity index (χ0) is 20.1. The van der Waals surface area contributed by atoms with Crippen LogP contribution in [-0.2, 0) is 14.8 Å². The van der Waals surface area contributed by atoms with Crippen LogP contribution in [0, 0.1) is 6.92 Å². The molecule has 6 nitrogen and oxygen atoms in total. The fourth-order valence-corrected chi connectivity index (χ4v) is 4.58. The molecule has 28 heavy (non-hydrogen) atoms. The Morgan fingerprint density at radius 2 is 1.82 bits per heavy atom. The molecule has 2 aromatic carbocycles. The molecular formula is C20H23N3O3S2. The first-order valence-electron chi connectivity index (χ1n) is 8.98. The summed E-state index contributed by atoms with van der Waals surface area (Å²) in [6.07, 6.45) is 1.58. The molecule has 0 radical (unpaired) electrons. The lowest BCUT2D eigenvalue weighted by Gasteiger charge is -2.11. The van der Waals surface area contributed by atoms with Crippen molar-refractivity contribution >= 4 is 39.2 Å². The molecule has 0 spiro atoms. The van der Waals surface area contributed by atoms with Gasteiger partial charge < -0.3 is 10.2 Å². The van der Waals surface area contributed by atoms with E-state index in [1.807, 2.05) is 43.1 Å². The molecule has 0 saturated carbocycles. The number of hydrogen-bond acceptors (Lipinski definition) is 4. The highest BCUT2D eigenvalue weighted by Gasteiger charge is 2.20. The van der Waals surface area contributed by atoms with E-state index in [0.717, 1.165) is 17.9 Å². The van der Waals surface area contributed by atoms with Gasteiger partial charge in [0.15, 0.2) is 0 Å². The molecule has 1 aliphatic rings. The van der Waals surface area contributed by atoms with E-state index in [9.17, 15) is 13.2 Å². The smallest absolute Gasteiger partial charge is 0.283 e. The molecule has 0 aliphatic carbocycles. The molecule has 8 heteroatoms. The Morgan fingerprint density at radius 1 is 1.14 bits per heavy atom. The van der Waals surface area contributed by atoms with Crippen LogP contribution in [0.4, 0.5) is 5.69 Å². The minimum Gasteiger partial charge on any atom is -0.362 e. The van der Waals surface area contributed by atoms with Gasteiger partial charge in [0, 0.05) is 30.6 Å². The normalized spacial score (nSPS) is 15.8. The molecule has 1 aliphatic heterocycles. The fraction of sp³-hybridized carbons (Fsp3) is 0.300. The van der Waals surface area contributed by atoms with Gasteiger partial charge in [-0.05, 0) is 49.7 Å². The highest BCUT2D eigenvalue weighted by molar-refractivity contribution is 8.00. The monoisotopic (exact) mass is 417 g/mol. The van der Waals surface area contributed by atoms with E-state index in [1.165, 1.54) is 29.5 Å². The Balaban J connectivity index is 1.59. The molecule has 0 atom stereocenters. The van der Waals surface area contributed by atoms with Crippen molar-refractivity contribution in [3.63, 3.8) is 0 Å². The second kappa shape index (κ2) is 8.79. The van der Waals surface area contributed by atoms with E-state index in [1.54, 1.807) is 12.1 Å². The molecule has 2 aromatic rings. The molecular weight excluding hydrogens is 394 g/mol. The number of hydrogen-bond donors (Lipinski definition) is 1. The third kappa shape index (κ3) is 5.36. The van der Waals surface area contributed by atoms with Gasteiger partial charge >= 0.3 is 0 Å². The molecule has 148 valence electrons. The highest BCUT2D eigenvalue weighted by atomic mass is 32.2. The van der Waals surface area contributed by atoms with E-state index in [2.05, 4.69) is 9.71 Å². The summed E-state index contributed by atoms with van der Waals surface area (Å²) in [4.78, 5) is 15.1. The molecule has 1 fully saturated rings. The van der Waals surface area contributed by atoms with Crippen LogP contribution in [-0.4, -0.2) is 44.4 Å². The van der Waals surface area contributed by atoms with Crippen LogP contribution in [0.15, 0.2) is 62.7 Å². The number of aryl methyl sites for hydroxylation is 1. The predicted molar refractivity (Wildman–Crippen MR) is 113 cm³/mol. The van der Waals surface area contributed by atoms with Crippen LogP contribution in [0.25, 0.3) is 0 Å². The summed E-state index contributed by atoms with van der Waals surface area (Å²) in [5.41, 5.74) is 1.73. The van der Waals surface area contributed by atoms with Gasteiger partial charge in [0.25, 0.3) is 10.0 Å². The van der Waals surface area contributed by atoms with Crippen molar-refractivity contribution in [1.82, 2.24) is 4.90 Å². The summed E-state index contributed by atoms with van der Waals surface area (Å²) in [5, 5.41) is 2.78. The number of carbonyl (C=O) groups is 1. The quantitative estimate of drug-likeness (QED) is 0.728. The van der Waals surface area contributed by atoms with Gasteiger partial charge in [-0.3, -0.25) is 4.79 Å². The second-order valence-electron chi connectivity index (χ2n) is 6.68. The van der Waals surface area contributed by atoms with Gasteiger partial charge in [-0.2, -0.15) is 8.42 Å². The van der Waals surface area contributed by atoms with Crippen LogP contribution in [0.5, 0.6) is 0 Å². The highest BCUT2D eigenvalue weighted by Crippen LogP contribution is 2.21. The number of sulfonamides is 1. The summed E-state index contributed by atoms with van der Waals surface area (Å²) in [6, 6.07) is 14.1. The molecule has 1 N–H and O–H groups in total. The number of benzene rings is 2. The van der Waals surface area contributed by atoms with Gasteiger partial charge in [-0.25, -0.2) is 0 Å². The summed E-state index contributed by atoms with van der Waals surface area (Å²) in [5.74, 6) is 0.725. The van der Waals surface area contributed by atoms with Gasteiger partial charge in [-0.1, -0.05) is 17.7 Å². The van der Waals surface area contributed by atoms with Crippen molar-refractivity contribution < 1.29 is 13.2 Å². The lowest BCUT2D eigenvalue weighted by Crippen LogP contribution is -2.20. The summed E-state index contributed by atoms with van der Waals surface area (Å²) in [7, 11) is -1.90. The number of carbonyl (C=O) groups excluding carboxylic acids is 1.